The predicted molar refractivity (Wildman–Crippen MR) is 85.9 cm³/mol. The lowest BCUT2D eigenvalue weighted by Gasteiger charge is -2.21. The van der Waals surface area contributed by atoms with Crippen LogP contribution in [0.2, 0.25) is 0 Å². The summed E-state index contributed by atoms with van der Waals surface area (Å²) in [4.78, 5) is 11.3. The summed E-state index contributed by atoms with van der Waals surface area (Å²) >= 11 is 0. The van der Waals surface area contributed by atoms with E-state index in [-0.39, 0.29) is 11.4 Å². The third-order valence-corrected chi connectivity index (χ3v) is 5.81. The second kappa shape index (κ2) is 7.31. The first-order valence-corrected chi connectivity index (χ1v) is 9.24. The molecule has 1 fully saturated rings. The van der Waals surface area contributed by atoms with Crippen LogP contribution in [0.4, 0.5) is 0 Å². The molecule has 1 N–H and O–H groups in total. The summed E-state index contributed by atoms with van der Waals surface area (Å²) in [6, 6.07) is 5.19. The molecule has 0 bridgehead atoms. The number of carboxylic acid groups (broad SMARTS) is 1. The third-order valence-electron chi connectivity index (χ3n) is 3.88. The fourth-order valence-electron chi connectivity index (χ4n) is 2.53. The van der Waals surface area contributed by atoms with E-state index in [0.717, 1.165) is 10.7 Å². The lowest BCUT2D eigenvalue weighted by molar-refractivity contribution is -0.140. The quantitative estimate of drug-likeness (QED) is 0.823. The summed E-state index contributed by atoms with van der Waals surface area (Å²) in [6.07, 6.45) is 1.84. The summed E-state index contributed by atoms with van der Waals surface area (Å²) in [5.74, 6) is 0.0540. The van der Waals surface area contributed by atoms with Gasteiger partial charge in [-0.05, 0) is 49.4 Å². The van der Waals surface area contributed by atoms with E-state index in [1.807, 2.05) is 0 Å². The van der Waals surface area contributed by atoms with Crippen LogP contribution in [-0.2, 0) is 14.8 Å². The van der Waals surface area contributed by atoms with Gasteiger partial charge in [0.15, 0.2) is 0 Å². The van der Waals surface area contributed by atoms with Crippen molar-refractivity contribution in [2.45, 2.75) is 44.0 Å². The van der Waals surface area contributed by atoms with Gasteiger partial charge in [-0.15, -0.1) is 0 Å². The van der Waals surface area contributed by atoms with Crippen molar-refractivity contribution >= 4 is 16.0 Å². The van der Waals surface area contributed by atoms with E-state index in [1.54, 1.807) is 12.1 Å². The first kappa shape index (κ1) is 17.7. The summed E-state index contributed by atoms with van der Waals surface area (Å²) in [7, 11) is -3.79. The van der Waals surface area contributed by atoms with Gasteiger partial charge in [0, 0.05) is 6.54 Å². The van der Waals surface area contributed by atoms with E-state index >= 15 is 0 Å². The summed E-state index contributed by atoms with van der Waals surface area (Å²) in [5.41, 5.74) is 0. The number of carbonyl (C=O) groups is 1. The molecule has 0 spiro atoms. The van der Waals surface area contributed by atoms with Crippen LogP contribution >= 0.6 is 0 Å². The van der Waals surface area contributed by atoms with Crippen molar-refractivity contribution in [2.75, 3.05) is 13.2 Å². The molecule has 0 aromatic heterocycles. The molecule has 0 radical (unpaired) electrons. The Morgan fingerprint density at radius 3 is 2.57 bits per heavy atom. The molecule has 1 atom stereocenters. The van der Waals surface area contributed by atoms with Gasteiger partial charge < -0.3 is 9.84 Å². The first-order valence-electron chi connectivity index (χ1n) is 7.80. The predicted octanol–water partition coefficient (Wildman–Crippen LogP) is 2.35. The molecule has 0 amide bonds. The molecule has 1 aliphatic heterocycles. The van der Waals surface area contributed by atoms with Crippen LogP contribution in [-0.4, -0.2) is 43.0 Å². The molecule has 7 heteroatoms. The molecule has 0 saturated carbocycles. The number of aliphatic carboxylic acids is 1. The van der Waals surface area contributed by atoms with Gasteiger partial charge in [0.2, 0.25) is 10.0 Å². The first-order chi connectivity index (χ1) is 10.8. The highest BCUT2D eigenvalue weighted by Crippen LogP contribution is 2.27. The van der Waals surface area contributed by atoms with E-state index in [1.165, 1.54) is 12.1 Å². The average molecular weight is 341 g/mol. The van der Waals surface area contributed by atoms with Crippen LogP contribution in [0, 0.1) is 5.92 Å². The highest BCUT2D eigenvalue weighted by Gasteiger charge is 2.39. The van der Waals surface area contributed by atoms with Gasteiger partial charge in [-0.1, -0.05) is 13.8 Å². The molecule has 1 aliphatic rings. The number of benzene rings is 1. The van der Waals surface area contributed by atoms with Gasteiger partial charge in [-0.3, -0.25) is 4.79 Å². The van der Waals surface area contributed by atoms with Crippen molar-refractivity contribution in [1.82, 2.24) is 4.31 Å². The average Bonchev–Trinajstić information content (AvgIpc) is 2.98. The van der Waals surface area contributed by atoms with E-state index < -0.39 is 22.0 Å². The van der Waals surface area contributed by atoms with Crippen LogP contribution in [0.15, 0.2) is 29.2 Å². The monoisotopic (exact) mass is 341 g/mol. The normalized spacial score (nSPS) is 19.2. The van der Waals surface area contributed by atoms with Gasteiger partial charge in [-0.25, -0.2) is 8.42 Å². The van der Waals surface area contributed by atoms with Gasteiger partial charge in [0.25, 0.3) is 0 Å². The minimum absolute atomic E-state index is 0.0989. The smallest absolute Gasteiger partial charge is 0.322 e. The fraction of sp³-hybridized carbons (Fsp3) is 0.562. The Kier molecular flexibility index (Phi) is 5.64. The Morgan fingerprint density at radius 2 is 2.00 bits per heavy atom. The zero-order valence-electron chi connectivity index (χ0n) is 13.4. The van der Waals surface area contributed by atoms with Crippen molar-refractivity contribution in [3.8, 4) is 5.75 Å². The molecule has 1 aromatic rings. The largest absolute Gasteiger partial charge is 0.494 e. The van der Waals surface area contributed by atoms with Crippen LogP contribution < -0.4 is 4.74 Å². The maximum atomic E-state index is 12.6. The van der Waals surface area contributed by atoms with Crippen molar-refractivity contribution < 1.29 is 23.1 Å². The van der Waals surface area contributed by atoms with Crippen LogP contribution in [0.3, 0.4) is 0 Å². The van der Waals surface area contributed by atoms with E-state index in [9.17, 15) is 13.2 Å². The van der Waals surface area contributed by atoms with Crippen LogP contribution in [0.1, 0.15) is 33.1 Å². The number of hydrogen-bond acceptors (Lipinski definition) is 4. The molecule has 128 valence electrons. The van der Waals surface area contributed by atoms with Gasteiger partial charge in [-0.2, -0.15) is 4.31 Å². The maximum absolute atomic E-state index is 12.6. The molecule has 6 nitrogen and oxygen atoms in total. The zero-order chi connectivity index (χ0) is 17.0. The molecule has 23 heavy (non-hydrogen) atoms. The molecule has 2 rings (SSSR count). The van der Waals surface area contributed by atoms with Crippen LogP contribution in [0.5, 0.6) is 5.75 Å². The lowest BCUT2D eigenvalue weighted by Crippen LogP contribution is -2.40. The molecule has 0 aliphatic carbocycles. The van der Waals surface area contributed by atoms with E-state index in [2.05, 4.69) is 13.8 Å². The third kappa shape index (κ3) is 4.23. The fourth-order valence-corrected chi connectivity index (χ4v) is 4.18. The number of hydrogen-bond donors (Lipinski definition) is 1. The number of ether oxygens (including phenoxy) is 1. The number of sulfonamides is 1. The summed E-state index contributed by atoms with van der Waals surface area (Å²) in [5, 5.41) is 9.15. The zero-order valence-corrected chi connectivity index (χ0v) is 14.3. The minimum atomic E-state index is -3.79. The van der Waals surface area contributed by atoms with E-state index in [0.29, 0.717) is 31.1 Å². The van der Waals surface area contributed by atoms with Crippen molar-refractivity contribution in [2.24, 2.45) is 5.92 Å². The summed E-state index contributed by atoms with van der Waals surface area (Å²) < 4.78 is 31.8. The maximum Gasteiger partial charge on any atom is 0.322 e. The van der Waals surface area contributed by atoms with Crippen molar-refractivity contribution in [3.05, 3.63) is 24.3 Å². The number of nitrogens with zero attached hydrogens (tertiary/aromatic N) is 1. The topological polar surface area (TPSA) is 83.9 Å². The summed E-state index contributed by atoms with van der Waals surface area (Å²) in [6.45, 7) is 5.03. The SMILES string of the molecule is CC(C)CCOc1ccc(S(=O)(=O)N2CCCC2C(=O)O)cc1. The molecule has 1 aromatic carbocycles. The lowest BCUT2D eigenvalue weighted by atomic mass is 10.1. The molecule has 1 unspecified atom stereocenters. The molecular weight excluding hydrogens is 318 g/mol. The van der Waals surface area contributed by atoms with Gasteiger partial charge in [0.1, 0.15) is 11.8 Å². The van der Waals surface area contributed by atoms with Gasteiger partial charge in [0.05, 0.1) is 11.5 Å². The van der Waals surface area contributed by atoms with E-state index in [4.69, 9.17) is 9.84 Å². The van der Waals surface area contributed by atoms with Crippen LogP contribution in [0.25, 0.3) is 0 Å². The minimum Gasteiger partial charge on any atom is -0.494 e. The standard InChI is InChI=1S/C16H23NO5S/c1-12(2)9-11-22-13-5-7-14(8-6-13)23(20,21)17-10-3-4-15(17)16(18)19/h5-8,12,15H,3-4,9-11H2,1-2H3,(H,18,19). The number of rotatable bonds is 7. The highest BCUT2D eigenvalue weighted by atomic mass is 32.2. The highest BCUT2D eigenvalue weighted by molar-refractivity contribution is 7.89. The molecular formula is C16H23NO5S. The molecule has 1 heterocycles. The number of carboxylic acids is 1. The van der Waals surface area contributed by atoms with Crippen molar-refractivity contribution in [3.63, 3.8) is 0 Å². The Morgan fingerprint density at radius 1 is 1.35 bits per heavy atom. The Balaban J connectivity index is 2.10. The Bertz CT molecular complexity index is 639. The second-order valence-electron chi connectivity index (χ2n) is 6.11. The Hall–Kier alpha value is -1.60. The second-order valence-corrected chi connectivity index (χ2v) is 8.00. The Labute approximate surface area is 137 Å². The van der Waals surface area contributed by atoms with Gasteiger partial charge >= 0.3 is 5.97 Å². The van der Waals surface area contributed by atoms with Crippen molar-refractivity contribution in [1.29, 1.82) is 0 Å². The molecule has 1 saturated heterocycles.